The summed E-state index contributed by atoms with van der Waals surface area (Å²) in [7, 11) is -1.77. The van der Waals surface area contributed by atoms with Crippen LogP contribution >= 0.6 is 12.4 Å². The molecule has 1 unspecified atom stereocenters. The molecule has 1 N–H and O–H groups in total. The molecule has 1 atom stereocenters. The Morgan fingerprint density at radius 1 is 1.22 bits per heavy atom. The van der Waals surface area contributed by atoms with Crippen LogP contribution in [0.2, 0.25) is 0 Å². The summed E-state index contributed by atoms with van der Waals surface area (Å²) in [5, 5.41) is 4.76. The first-order valence-corrected chi connectivity index (χ1v) is 10.4. The second kappa shape index (κ2) is 7.66. The van der Waals surface area contributed by atoms with Gasteiger partial charge >= 0.3 is 0 Å². The van der Waals surface area contributed by atoms with Gasteiger partial charge in [-0.1, -0.05) is 24.3 Å². The van der Waals surface area contributed by atoms with E-state index >= 15 is 0 Å². The van der Waals surface area contributed by atoms with Crippen molar-refractivity contribution in [3.63, 3.8) is 0 Å². The molecule has 0 spiro atoms. The summed E-state index contributed by atoms with van der Waals surface area (Å²) >= 11 is 0. The van der Waals surface area contributed by atoms with Crippen molar-refractivity contribution < 1.29 is 13.2 Å². The number of benzene rings is 2. The smallest absolute Gasteiger partial charge is 0.265 e. The van der Waals surface area contributed by atoms with Crippen molar-refractivity contribution in [2.75, 3.05) is 37.5 Å². The molecule has 2 aromatic carbocycles. The second-order valence-electron chi connectivity index (χ2n) is 7.05. The monoisotopic (exact) mass is 409 g/mol. The van der Waals surface area contributed by atoms with Crippen molar-refractivity contribution in [2.45, 2.75) is 17.7 Å². The van der Waals surface area contributed by atoms with Gasteiger partial charge in [-0.05, 0) is 49.9 Å². The molecule has 0 aromatic heterocycles. The van der Waals surface area contributed by atoms with Gasteiger partial charge in [-0.2, -0.15) is 0 Å². The predicted octanol–water partition coefficient (Wildman–Crippen LogP) is 2.23. The normalized spacial score (nSPS) is 20.6. The van der Waals surface area contributed by atoms with Crippen LogP contribution in [0.4, 0.5) is 5.69 Å². The number of nitrogens with one attached hydrogen (secondary N) is 1. The first kappa shape index (κ1) is 19.9. The molecule has 27 heavy (non-hydrogen) atoms. The average Bonchev–Trinajstić information content (AvgIpc) is 2.86. The van der Waals surface area contributed by atoms with E-state index in [0.29, 0.717) is 29.6 Å². The molecular weight excluding hydrogens is 386 g/mol. The Labute approximate surface area is 166 Å². The van der Waals surface area contributed by atoms with E-state index in [2.05, 4.69) is 5.32 Å². The predicted molar refractivity (Wildman–Crippen MR) is 109 cm³/mol. The van der Waals surface area contributed by atoms with E-state index < -0.39 is 10.0 Å². The third-order valence-electron chi connectivity index (χ3n) is 5.32. The highest BCUT2D eigenvalue weighted by atomic mass is 35.5. The third-order valence-corrected chi connectivity index (χ3v) is 7.13. The Bertz CT molecular complexity index is 957. The number of nitrogens with zero attached hydrogens (tertiary/aromatic N) is 2. The summed E-state index contributed by atoms with van der Waals surface area (Å²) in [5.41, 5.74) is 0.607. The van der Waals surface area contributed by atoms with Gasteiger partial charge in [-0.25, -0.2) is 8.42 Å². The fourth-order valence-corrected chi connectivity index (χ4v) is 5.76. The SMILES string of the molecule is CNCC1CCCN(C(=O)CN2c3cccc4cccc(c34)S2(=O)=O)C1.Cl. The molecule has 146 valence electrons. The van der Waals surface area contributed by atoms with Crippen molar-refractivity contribution in [1.82, 2.24) is 10.2 Å². The van der Waals surface area contributed by atoms with Crippen LogP contribution in [0.3, 0.4) is 0 Å². The average molecular weight is 410 g/mol. The van der Waals surface area contributed by atoms with Crippen LogP contribution in [0.5, 0.6) is 0 Å². The van der Waals surface area contributed by atoms with Gasteiger partial charge in [0.15, 0.2) is 0 Å². The zero-order chi connectivity index (χ0) is 18.3. The Kier molecular flexibility index (Phi) is 5.65. The number of halogens is 1. The minimum Gasteiger partial charge on any atom is -0.341 e. The van der Waals surface area contributed by atoms with Crippen molar-refractivity contribution in [3.8, 4) is 0 Å². The highest BCUT2D eigenvalue weighted by Crippen LogP contribution is 2.41. The van der Waals surface area contributed by atoms with Crippen molar-refractivity contribution in [2.24, 2.45) is 5.92 Å². The van der Waals surface area contributed by atoms with Gasteiger partial charge in [0.2, 0.25) is 5.91 Å². The number of hydrogen-bond donors (Lipinski definition) is 1. The van der Waals surface area contributed by atoms with Crippen LogP contribution in [0, 0.1) is 5.92 Å². The van der Waals surface area contributed by atoms with E-state index in [1.165, 1.54) is 4.31 Å². The lowest BCUT2D eigenvalue weighted by molar-refractivity contribution is -0.131. The van der Waals surface area contributed by atoms with E-state index in [4.69, 9.17) is 0 Å². The topological polar surface area (TPSA) is 69.7 Å². The van der Waals surface area contributed by atoms with E-state index in [1.807, 2.05) is 30.1 Å². The Hall–Kier alpha value is -1.83. The number of likely N-dealkylation sites (tertiary alicyclic amines) is 1. The summed E-state index contributed by atoms with van der Waals surface area (Å²) in [4.78, 5) is 15.0. The first-order chi connectivity index (χ1) is 12.5. The van der Waals surface area contributed by atoms with Crippen molar-refractivity contribution in [1.29, 1.82) is 0 Å². The van der Waals surface area contributed by atoms with Crippen LogP contribution in [0.15, 0.2) is 41.3 Å². The standard InChI is InChI=1S/C19H23N3O3S.ClH/c1-20-11-14-5-4-10-21(12-14)18(23)13-22-16-8-2-6-15-7-3-9-17(19(15)16)26(22,24)25;/h2-3,6-9,14,20H,4-5,10-13H2,1H3;1H. The molecule has 1 fully saturated rings. The molecule has 1 saturated heterocycles. The highest BCUT2D eigenvalue weighted by molar-refractivity contribution is 7.93. The van der Waals surface area contributed by atoms with E-state index in [9.17, 15) is 13.2 Å². The minimum atomic E-state index is -3.68. The maximum atomic E-state index is 13.0. The lowest BCUT2D eigenvalue weighted by atomic mass is 9.98. The molecule has 1 amide bonds. The Morgan fingerprint density at radius 2 is 1.96 bits per heavy atom. The Morgan fingerprint density at radius 3 is 2.70 bits per heavy atom. The zero-order valence-electron chi connectivity index (χ0n) is 15.2. The fourth-order valence-electron chi connectivity index (χ4n) is 4.10. The molecule has 0 bridgehead atoms. The number of piperidine rings is 1. The Balaban J connectivity index is 0.00000210. The summed E-state index contributed by atoms with van der Waals surface area (Å²) in [6.07, 6.45) is 2.05. The number of anilines is 1. The lowest BCUT2D eigenvalue weighted by Crippen LogP contribution is -2.47. The van der Waals surface area contributed by atoms with Gasteiger partial charge in [0, 0.05) is 18.5 Å². The quantitative estimate of drug-likeness (QED) is 0.840. The molecule has 8 heteroatoms. The number of sulfonamides is 1. The molecule has 6 nitrogen and oxygen atoms in total. The molecule has 4 rings (SSSR count). The van der Waals surface area contributed by atoms with Gasteiger partial charge in [0.05, 0.1) is 10.6 Å². The largest absolute Gasteiger partial charge is 0.341 e. The maximum Gasteiger partial charge on any atom is 0.265 e. The molecule has 0 radical (unpaired) electrons. The van der Waals surface area contributed by atoms with Gasteiger partial charge in [0.1, 0.15) is 6.54 Å². The molecule has 0 aliphatic carbocycles. The van der Waals surface area contributed by atoms with Gasteiger partial charge in [0.25, 0.3) is 10.0 Å². The molecule has 2 heterocycles. The molecule has 0 saturated carbocycles. The number of rotatable bonds is 4. The van der Waals surface area contributed by atoms with E-state index in [0.717, 1.165) is 30.2 Å². The van der Waals surface area contributed by atoms with E-state index in [-0.39, 0.29) is 24.9 Å². The summed E-state index contributed by atoms with van der Waals surface area (Å²) in [6, 6.07) is 10.8. The van der Waals surface area contributed by atoms with Crippen LogP contribution in [-0.4, -0.2) is 52.5 Å². The van der Waals surface area contributed by atoms with Crippen LogP contribution < -0.4 is 9.62 Å². The maximum absolute atomic E-state index is 13.0. The van der Waals surface area contributed by atoms with Gasteiger partial charge < -0.3 is 10.2 Å². The second-order valence-corrected chi connectivity index (χ2v) is 8.88. The van der Waals surface area contributed by atoms with E-state index in [1.54, 1.807) is 18.2 Å². The molecule has 2 aliphatic heterocycles. The summed E-state index contributed by atoms with van der Waals surface area (Å²) < 4.78 is 27.3. The van der Waals surface area contributed by atoms with Crippen LogP contribution in [0.25, 0.3) is 10.8 Å². The first-order valence-electron chi connectivity index (χ1n) is 8.99. The van der Waals surface area contributed by atoms with Crippen LogP contribution in [0.1, 0.15) is 12.8 Å². The zero-order valence-corrected chi connectivity index (χ0v) is 16.9. The van der Waals surface area contributed by atoms with Crippen LogP contribution in [-0.2, 0) is 14.8 Å². The fraction of sp³-hybridized carbons (Fsp3) is 0.421. The number of carbonyl (C=O) groups excluding carboxylic acids is 1. The minimum absolute atomic E-state index is 0. The molecule has 2 aromatic rings. The van der Waals surface area contributed by atoms with Crippen molar-refractivity contribution >= 4 is 44.8 Å². The van der Waals surface area contributed by atoms with Gasteiger partial charge in [-0.3, -0.25) is 9.10 Å². The summed E-state index contributed by atoms with van der Waals surface area (Å²) in [5.74, 6) is 0.299. The van der Waals surface area contributed by atoms with Gasteiger partial charge in [-0.15, -0.1) is 12.4 Å². The highest BCUT2D eigenvalue weighted by Gasteiger charge is 2.37. The summed E-state index contributed by atoms with van der Waals surface area (Å²) in [6.45, 7) is 2.12. The molecular formula is C19H24ClN3O3S. The lowest BCUT2D eigenvalue weighted by Gasteiger charge is -2.33. The number of carbonyl (C=O) groups is 1. The molecule has 2 aliphatic rings. The number of amides is 1. The number of hydrogen-bond acceptors (Lipinski definition) is 4. The third kappa shape index (κ3) is 3.39. The van der Waals surface area contributed by atoms with Crippen molar-refractivity contribution in [3.05, 3.63) is 36.4 Å².